The van der Waals surface area contributed by atoms with Crippen molar-refractivity contribution in [2.24, 2.45) is 5.73 Å². The van der Waals surface area contributed by atoms with E-state index in [-0.39, 0.29) is 5.54 Å². The van der Waals surface area contributed by atoms with Crippen LogP contribution in [0, 0.1) is 5.82 Å². The molecule has 1 fully saturated rings. The van der Waals surface area contributed by atoms with E-state index in [1.54, 1.807) is 0 Å². The molecule has 1 aromatic heterocycles. The van der Waals surface area contributed by atoms with Crippen LogP contribution in [-0.2, 0) is 0 Å². The summed E-state index contributed by atoms with van der Waals surface area (Å²) in [7, 11) is 0. The first-order chi connectivity index (χ1) is 8.53. The molecule has 0 amide bonds. The summed E-state index contributed by atoms with van der Waals surface area (Å²) >= 11 is 0. The summed E-state index contributed by atoms with van der Waals surface area (Å²) in [6, 6.07) is 0. The van der Waals surface area contributed by atoms with Crippen molar-refractivity contribution in [2.45, 2.75) is 19.4 Å². The number of rotatable bonds is 3. The summed E-state index contributed by atoms with van der Waals surface area (Å²) in [5.41, 5.74) is 5.80. The highest BCUT2D eigenvalue weighted by atomic mass is 19.1. The van der Waals surface area contributed by atoms with Gasteiger partial charge in [0, 0.05) is 38.3 Å². The van der Waals surface area contributed by atoms with Crippen molar-refractivity contribution in [1.29, 1.82) is 0 Å². The lowest BCUT2D eigenvalue weighted by Crippen LogP contribution is -2.57. The highest BCUT2D eigenvalue weighted by Crippen LogP contribution is 2.17. The second-order valence-corrected chi connectivity index (χ2v) is 5.19. The van der Waals surface area contributed by atoms with E-state index in [0.29, 0.717) is 12.5 Å². The minimum Gasteiger partial charge on any atom is -0.338 e. The van der Waals surface area contributed by atoms with Gasteiger partial charge >= 0.3 is 0 Å². The van der Waals surface area contributed by atoms with Crippen molar-refractivity contribution in [1.82, 2.24) is 14.9 Å². The lowest BCUT2D eigenvalue weighted by Gasteiger charge is -2.43. The third kappa shape index (κ3) is 2.76. The Morgan fingerprint density at radius 3 is 2.28 bits per heavy atom. The van der Waals surface area contributed by atoms with Crippen molar-refractivity contribution >= 4 is 5.95 Å². The number of nitrogens with two attached hydrogens (primary N) is 1. The molecule has 2 heterocycles. The first kappa shape index (κ1) is 13.2. The molecule has 0 aromatic carbocycles. The molecule has 0 spiro atoms. The number of hydrogen-bond acceptors (Lipinski definition) is 5. The highest BCUT2D eigenvalue weighted by molar-refractivity contribution is 5.29. The van der Waals surface area contributed by atoms with Crippen LogP contribution >= 0.6 is 0 Å². The average molecular weight is 253 g/mol. The van der Waals surface area contributed by atoms with Gasteiger partial charge < -0.3 is 10.6 Å². The quantitative estimate of drug-likeness (QED) is 0.849. The first-order valence-corrected chi connectivity index (χ1v) is 6.20. The second-order valence-electron chi connectivity index (χ2n) is 5.19. The van der Waals surface area contributed by atoms with Gasteiger partial charge in [-0.25, -0.2) is 14.4 Å². The van der Waals surface area contributed by atoms with Gasteiger partial charge in [-0.3, -0.25) is 4.90 Å². The molecule has 6 heteroatoms. The van der Waals surface area contributed by atoms with Crippen molar-refractivity contribution in [3.8, 4) is 0 Å². The van der Waals surface area contributed by atoms with E-state index in [1.807, 2.05) is 0 Å². The molecule has 1 aliphatic rings. The zero-order chi connectivity index (χ0) is 13.2. The van der Waals surface area contributed by atoms with Crippen LogP contribution in [-0.4, -0.2) is 53.1 Å². The summed E-state index contributed by atoms with van der Waals surface area (Å²) in [5, 5.41) is 0. The summed E-state index contributed by atoms with van der Waals surface area (Å²) in [4.78, 5) is 12.5. The van der Waals surface area contributed by atoms with Crippen LogP contribution in [0.5, 0.6) is 0 Å². The first-order valence-electron chi connectivity index (χ1n) is 6.20. The van der Waals surface area contributed by atoms with Gasteiger partial charge in [-0.1, -0.05) is 0 Å². The van der Waals surface area contributed by atoms with Gasteiger partial charge in [0.2, 0.25) is 5.95 Å². The molecule has 2 rings (SSSR count). The third-order valence-electron chi connectivity index (χ3n) is 3.52. The molecule has 18 heavy (non-hydrogen) atoms. The van der Waals surface area contributed by atoms with Crippen LogP contribution in [0.15, 0.2) is 12.4 Å². The van der Waals surface area contributed by atoms with Gasteiger partial charge in [0.15, 0.2) is 5.82 Å². The molecule has 1 saturated heterocycles. The van der Waals surface area contributed by atoms with Crippen LogP contribution in [0.4, 0.5) is 10.3 Å². The zero-order valence-electron chi connectivity index (χ0n) is 10.9. The standard InChI is InChI=1S/C12H20FN5/c1-12(2,9-14)18-5-3-17(4-6-18)11-15-7-10(13)8-16-11/h7-8H,3-6,9,14H2,1-2H3. The largest absolute Gasteiger partial charge is 0.338 e. The number of nitrogens with zero attached hydrogens (tertiary/aromatic N) is 4. The van der Waals surface area contributed by atoms with E-state index in [0.717, 1.165) is 26.2 Å². The molecule has 0 unspecified atom stereocenters. The number of halogens is 1. The molecule has 0 atom stereocenters. The lowest BCUT2D eigenvalue weighted by molar-refractivity contribution is 0.118. The fraction of sp³-hybridized carbons (Fsp3) is 0.667. The Balaban J connectivity index is 1.96. The maximum atomic E-state index is 12.8. The van der Waals surface area contributed by atoms with Crippen molar-refractivity contribution in [2.75, 3.05) is 37.6 Å². The number of aromatic nitrogens is 2. The molecule has 0 radical (unpaired) electrons. The van der Waals surface area contributed by atoms with Crippen molar-refractivity contribution < 1.29 is 4.39 Å². The topological polar surface area (TPSA) is 58.3 Å². The number of piperazine rings is 1. The van der Waals surface area contributed by atoms with E-state index in [1.165, 1.54) is 12.4 Å². The smallest absolute Gasteiger partial charge is 0.225 e. The minimum atomic E-state index is -0.401. The second kappa shape index (κ2) is 5.16. The molecule has 0 bridgehead atoms. The zero-order valence-corrected chi connectivity index (χ0v) is 10.9. The van der Waals surface area contributed by atoms with Crippen LogP contribution in [0.25, 0.3) is 0 Å². The number of anilines is 1. The summed E-state index contributed by atoms with van der Waals surface area (Å²) < 4.78 is 12.8. The minimum absolute atomic E-state index is 0.0236. The molecule has 2 N–H and O–H groups in total. The van der Waals surface area contributed by atoms with Gasteiger partial charge in [0.25, 0.3) is 0 Å². The van der Waals surface area contributed by atoms with Gasteiger partial charge in [0.1, 0.15) is 0 Å². The fourth-order valence-electron chi connectivity index (χ4n) is 2.11. The van der Waals surface area contributed by atoms with Crippen LogP contribution in [0.3, 0.4) is 0 Å². The molecule has 5 nitrogen and oxygen atoms in total. The van der Waals surface area contributed by atoms with Gasteiger partial charge in [-0.15, -0.1) is 0 Å². The van der Waals surface area contributed by atoms with Crippen LogP contribution in [0.2, 0.25) is 0 Å². The van der Waals surface area contributed by atoms with Crippen LogP contribution < -0.4 is 10.6 Å². The Morgan fingerprint density at radius 2 is 1.78 bits per heavy atom. The van der Waals surface area contributed by atoms with E-state index >= 15 is 0 Å². The van der Waals surface area contributed by atoms with E-state index < -0.39 is 5.82 Å². The molecule has 100 valence electrons. The molecule has 0 aliphatic carbocycles. The van der Waals surface area contributed by atoms with Crippen LogP contribution in [0.1, 0.15) is 13.8 Å². The Morgan fingerprint density at radius 1 is 1.22 bits per heavy atom. The molecule has 0 saturated carbocycles. The van der Waals surface area contributed by atoms with Gasteiger partial charge in [0.05, 0.1) is 12.4 Å². The highest BCUT2D eigenvalue weighted by Gasteiger charge is 2.29. The monoisotopic (exact) mass is 253 g/mol. The molecule has 1 aromatic rings. The van der Waals surface area contributed by atoms with Gasteiger partial charge in [-0.2, -0.15) is 0 Å². The Labute approximate surface area is 107 Å². The predicted octanol–water partition coefficient (Wildman–Crippen LogP) is 0.475. The predicted molar refractivity (Wildman–Crippen MR) is 68.9 cm³/mol. The maximum Gasteiger partial charge on any atom is 0.225 e. The van der Waals surface area contributed by atoms with Gasteiger partial charge in [-0.05, 0) is 13.8 Å². The van der Waals surface area contributed by atoms with E-state index in [4.69, 9.17) is 5.73 Å². The molecule has 1 aliphatic heterocycles. The normalized spacial score (nSPS) is 18.1. The summed E-state index contributed by atoms with van der Waals surface area (Å²) in [6.45, 7) is 8.47. The molecular weight excluding hydrogens is 233 g/mol. The Kier molecular flexibility index (Phi) is 3.77. The Bertz CT molecular complexity index is 384. The van der Waals surface area contributed by atoms with Crippen molar-refractivity contribution in [3.63, 3.8) is 0 Å². The SMILES string of the molecule is CC(C)(CN)N1CCN(c2ncc(F)cn2)CC1. The van der Waals surface area contributed by atoms with E-state index in [9.17, 15) is 4.39 Å². The summed E-state index contributed by atoms with van der Waals surface area (Å²) in [5.74, 6) is 0.197. The number of hydrogen-bond donors (Lipinski definition) is 1. The molecular formula is C12H20FN5. The Hall–Kier alpha value is -1.27. The average Bonchev–Trinajstić information content (AvgIpc) is 2.40. The maximum absolute atomic E-state index is 12.8. The fourth-order valence-corrected chi connectivity index (χ4v) is 2.11. The van der Waals surface area contributed by atoms with Crippen molar-refractivity contribution in [3.05, 3.63) is 18.2 Å². The summed E-state index contributed by atoms with van der Waals surface area (Å²) in [6.07, 6.45) is 2.41. The van der Waals surface area contributed by atoms with E-state index in [2.05, 4.69) is 33.6 Å². The third-order valence-corrected chi connectivity index (χ3v) is 3.52. The lowest BCUT2D eigenvalue weighted by atomic mass is 10.0.